The Balaban J connectivity index is 1.65. The molecule has 3 N–H and O–H groups in total. The summed E-state index contributed by atoms with van der Waals surface area (Å²) in [5, 5.41) is 5.56. The number of hydrogen-bond donors (Lipinski definition) is 2. The van der Waals surface area contributed by atoms with Gasteiger partial charge < -0.3 is 16.0 Å². The van der Waals surface area contributed by atoms with Gasteiger partial charge in [-0.25, -0.2) is 15.0 Å². The number of aryl methyl sites for hydroxylation is 1. The van der Waals surface area contributed by atoms with Crippen molar-refractivity contribution in [2.24, 2.45) is 5.73 Å². The number of pyridine rings is 1. The van der Waals surface area contributed by atoms with E-state index in [4.69, 9.17) is 15.7 Å². The van der Waals surface area contributed by atoms with Crippen molar-refractivity contribution in [3.63, 3.8) is 0 Å². The molecular weight excluding hydrogens is 398 g/mol. The quantitative estimate of drug-likeness (QED) is 0.516. The number of carbonyl (C=O) groups is 1. The molecule has 1 aliphatic rings. The molecule has 0 spiro atoms. The maximum Gasteiger partial charge on any atom is 0.252 e. The number of amides is 1. The van der Waals surface area contributed by atoms with Crippen LogP contribution in [-0.2, 0) is 13.0 Å². The number of fused-ring (bicyclic) bond motifs is 2. The van der Waals surface area contributed by atoms with E-state index in [0.717, 1.165) is 41.6 Å². The third-order valence-corrected chi connectivity index (χ3v) is 6.21. The normalized spacial score (nSPS) is 13.1. The van der Waals surface area contributed by atoms with Crippen LogP contribution < -0.4 is 16.0 Å². The molecule has 8 nitrogen and oxygen atoms in total. The Bertz CT molecular complexity index is 1260. The van der Waals surface area contributed by atoms with E-state index in [9.17, 15) is 4.79 Å². The molecule has 5 heterocycles. The van der Waals surface area contributed by atoms with Gasteiger partial charge in [-0.05, 0) is 30.5 Å². The van der Waals surface area contributed by atoms with Gasteiger partial charge in [0, 0.05) is 31.1 Å². The summed E-state index contributed by atoms with van der Waals surface area (Å²) in [6, 6.07) is 7.61. The predicted molar refractivity (Wildman–Crippen MR) is 118 cm³/mol. The lowest BCUT2D eigenvalue weighted by Crippen LogP contribution is -2.16. The molecule has 1 amide bonds. The van der Waals surface area contributed by atoms with Crippen LogP contribution in [-0.4, -0.2) is 38.9 Å². The van der Waals surface area contributed by atoms with E-state index in [1.807, 2.05) is 23.6 Å². The van der Waals surface area contributed by atoms with Crippen LogP contribution in [0.5, 0.6) is 0 Å². The number of aromatic nitrogens is 4. The number of rotatable bonds is 5. The van der Waals surface area contributed by atoms with Gasteiger partial charge in [0.15, 0.2) is 11.6 Å². The van der Waals surface area contributed by atoms with Crippen molar-refractivity contribution in [3.8, 4) is 11.5 Å². The Morgan fingerprint density at radius 2 is 2.13 bits per heavy atom. The highest BCUT2D eigenvalue weighted by molar-refractivity contribution is 7.09. The topological polar surface area (TPSA) is 101 Å². The van der Waals surface area contributed by atoms with Gasteiger partial charge in [0.1, 0.15) is 17.0 Å². The van der Waals surface area contributed by atoms with Gasteiger partial charge in [0.25, 0.3) is 5.91 Å². The van der Waals surface area contributed by atoms with Gasteiger partial charge in [-0.15, -0.1) is 11.3 Å². The zero-order chi connectivity index (χ0) is 20.8. The third-order valence-electron chi connectivity index (χ3n) is 5.33. The third kappa shape index (κ3) is 2.98. The number of imidazole rings is 1. The number of nitrogens with zero attached hydrogens (tertiary/aromatic N) is 5. The lowest BCUT2D eigenvalue weighted by Gasteiger charge is -2.17. The van der Waals surface area contributed by atoms with E-state index in [1.54, 1.807) is 23.5 Å². The summed E-state index contributed by atoms with van der Waals surface area (Å²) in [4.78, 5) is 29.6. The summed E-state index contributed by atoms with van der Waals surface area (Å²) >= 11 is 1.71. The number of primary amides is 1. The van der Waals surface area contributed by atoms with Crippen molar-refractivity contribution in [2.45, 2.75) is 19.9 Å². The molecule has 0 saturated carbocycles. The first kappa shape index (κ1) is 18.6. The number of likely N-dealkylation sites (N-methyl/N-ethyl adjacent to an activating group) is 1. The van der Waals surface area contributed by atoms with Crippen LogP contribution in [0, 0.1) is 6.92 Å². The molecule has 4 aromatic heterocycles. The van der Waals surface area contributed by atoms with Gasteiger partial charge >= 0.3 is 0 Å². The Morgan fingerprint density at radius 1 is 1.27 bits per heavy atom. The van der Waals surface area contributed by atoms with Crippen LogP contribution in [0.1, 0.15) is 26.6 Å². The summed E-state index contributed by atoms with van der Waals surface area (Å²) in [7, 11) is 2.06. The molecule has 9 heteroatoms. The van der Waals surface area contributed by atoms with E-state index in [0.29, 0.717) is 23.6 Å². The maximum absolute atomic E-state index is 11.8. The largest absolute Gasteiger partial charge is 0.370 e. The van der Waals surface area contributed by atoms with Gasteiger partial charge in [0.2, 0.25) is 0 Å². The minimum Gasteiger partial charge on any atom is -0.370 e. The molecule has 0 aliphatic carbocycles. The van der Waals surface area contributed by atoms with Crippen molar-refractivity contribution in [3.05, 3.63) is 57.7 Å². The standard InChI is InChI=1S/C21H21N7OS/c1-12-16(28-8-3-6-14(18(22)29)21(28)24-12)20-25-15-7-9-27(2)17(15)19(26-20)23-11-13-5-4-10-30-13/h3-6,8,10H,7,9,11H2,1-2H3,(H2,22,29)(H,23,25,26). The number of thiophene rings is 1. The van der Waals surface area contributed by atoms with Gasteiger partial charge in [-0.1, -0.05) is 6.07 Å². The van der Waals surface area contributed by atoms with E-state index < -0.39 is 5.91 Å². The van der Waals surface area contributed by atoms with E-state index in [2.05, 4.69) is 33.7 Å². The zero-order valence-corrected chi connectivity index (χ0v) is 17.5. The van der Waals surface area contributed by atoms with Crippen LogP contribution in [0.2, 0.25) is 0 Å². The van der Waals surface area contributed by atoms with Crippen molar-refractivity contribution in [1.29, 1.82) is 0 Å². The minimum absolute atomic E-state index is 0.379. The minimum atomic E-state index is -0.507. The molecule has 5 rings (SSSR count). The second-order valence-electron chi connectivity index (χ2n) is 7.32. The van der Waals surface area contributed by atoms with E-state index in [1.165, 1.54) is 4.88 Å². The second kappa shape index (κ2) is 7.10. The number of nitrogens with one attached hydrogen (secondary N) is 1. The number of nitrogens with two attached hydrogens (primary N) is 1. The Labute approximate surface area is 177 Å². The summed E-state index contributed by atoms with van der Waals surface area (Å²) in [6.07, 6.45) is 2.72. The maximum atomic E-state index is 11.8. The van der Waals surface area contributed by atoms with E-state index in [-0.39, 0.29) is 0 Å². The molecule has 0 aromatic carbocycles. The summed E-state index contributed by atoms with van der Waals surface area (Å²) in [5.41, 5.74) is 10.0. The molecule has 1 aliphatic heterocycles. The first-order valence-electron chi connectivity index (χ1n) is 9.69. The van der Waals surface area contributed by atoms with Crippen LogP contribution in [0.4, 0.5) is 11.5 Å². The smallest absolute Gasteiger partial charge is 0.252 e. The fraction of sp³-hybridized carbons (Fsp3) is 0.238. The first-order chi connectivity index (χ1) is 14.5. The average molecular weight is 420 g/mol. The van der Waals surface area contributed by atoms with Crippen LogP contribution in [0.15, 0.2) is 35.8 Å². The molecule has 30 heavy (non-hydrogen) atoms. The highest BCUT2D eigenvalue weighted by Crippen LogP contribution is 2.35. The number of hydrogen-bond acceptors (Lipinski definition) is 7. The van der Waals surface area contributed by atoms with Gasteiger partial charge in [0.05, 0.1) is 23.5 Å². The zero-order valence-electron chi connectivity index (χ0n) is 16.7. The van der Waals surface area contributed by atoms with E-state index >= 15 is 0 Å². The predicted octanol–water partition coefficient (Wildman–Crippen LogP) is 2.86. The van der Waals surface area contributed by atoms with Crippen molar-refractivity contribution in [2.75, 3.05) is 23.8 Å². The summed E-state index contributed by atoms with van der Waals surface area (Å²) < 4.78 is 1.85. The fourth-order valence-corrected chi connectivity index (χ4v) is 4.56. The van der Waals surface area contributed by atoms with Gasteiger partial charge in [-0.3, -0.25) is 9.20 Å². The second-order valence-corrected chi connectivity index (χ2v) is 8.35. The highest BCUT2D eigenvalue weighted by atomic mass is 32.1. The molecule has 152 valence electrons. The summed E-state index contributed by atoms with van der Waals surface area (Å²) in [6.45, 7) is 3.50. The molecular formula is C21H21N7OS. The summed E-state index contributed by atoms with van der Waals surface area (Å²) in [5.74, 6) is 0.889. The SMILES string of the molecule is Cc1nc2c(C(N)=O)cccn2c1-c1nc2c(c(NCc3cccs3)n1)N(C)CC2. The van der Waals surface area contributed by atoms with Crippen LogP contribution in [0.3, 0.4) is 0 Å². The molecule has 0 unspecified atom stereocenters. The Morgan fingerprint density at radius 3 is 2.90 bits per heavy atom. The van der Waals surface area contributed by atoms with Crippen LogP contribution in [0.25, 0.3) is 17.2 Å². The van der Waals surface area contributed by atoms with Crippen molar-refractivity contribution in [1.82, 2.24) is 19.4 Å². The molecule has 4 aromatic rings. The Hall–Kier alpha value is -3.46. The van der Waals surface area contributed by atoms with Crippen molar-refractivity contribution < 1.29 is 4.79 Å². The van der Waals surface area contributed by atoms with Gasteiger partial charge in [-0.2, -0.15) is 0 Å². The molecule has 0 saturated heterocycles. The van der Waals surface area contributed by atoms with Crippen molar-refractivity contribution >= 4 is 34.4 Å². The molecule has 0 bridgehead atoms. The number of anilines is 2. The first-order valence-corrected chi connectivity index (χ1v) is 10.6. The highest BCUT2D eigenvalue weighted by Gasteiger charge is 2.26. The number of carbonyl (C=O) groups excluding carboxylic acids is 1. The molecule has 0 radical (unpaired) electrons. The fourth-order valence-electron chi connectivity index (χ4n) is 3.92. The molecule has 0 atom stereocenters. The lowest BCUT2D eigenvalue weighted by atomic mass is 10.2. The molecule has 0 fully saturated rings. The van der Waals surface area contributed by atoms with Crippen LogP contribution >= 0.6 is 11.3 Å². The average Bonchev–Trinajstić information content (AvgIpc) is 3.44. The monoisotopic (exact) mass is 419 g/mol. The Kier molecular flexibility index (Phi) is 4.39. The lowest BCUT2D eigenvalue weighted by molar-refractivity contribution is 0.100.